The first kappa shape index (κ1) is 18.6. The SMILES string of the molecule is CNCCCNC(=O)Cc1ccc(OC(F)F)cc1.Cl. The van der Waals surface area contributed by atoms with Crippen LogP contribution in [0.5, 0.6) is 5.75 Å². The summed E-state index contributed by atoms with van der Waals surface area (Å²) in [5, 5.41) is 5.77. The van der Waals surface area contributed by atoms with Crippen LogP contribution in [-0.2, 0) is 11.2 Å². The summed E-state index contributed by atoms with van der Waals surface area (Å²) in [7, 11) is 1.85. The molecule has 1 aromatic rings. The van der Waals surface area contributed by atoms with Crippen molar-refractivity contribution < 1.29 is 18.3 Å². The second-order valence-electron chi connectivity index (χ2n) is 4.01. The fourth-order valence-electron chi connectivity index (χ4n) is 1.53. The van der Waals surface area contributed by atoms with Crippen LogP contribution in [0.25, 0.3) is 0 Å². The predicted octanol–water partition coefficient (Wildman–Crippen LogP) is 1.98. The van der Waals surface area contributed by atoms with E-state index < -0.39 is 6.61 Å². The molecule has 114 valence electrons. The molecule has 0 spiro atoms. The lowest BCUT2D eigenvalue weighted by molar-refractivity contribution is -0.120. The Kier molecular flexibility index (Phi) is 9.67. The van der Waals surface area contributed by atoms with E-state index in [9.17, 15) is 13.6 Å². The van der Waals surface area contributed by atoms with Crippen molar-refractivity contribution in [3.8, 4) is 5.75 Å². The van der Waals surface area contributed by atoms with Crippen LogP contribution in [-0.4, -0.2) is 32.7 Å². The van der Waals surface area contributed by atoms with Crippen molar-refractivity contribution in [2.45, 2.75) is 19.5 Å². The summed E-state index contributed by atoms with van der Waals surface area (Å²) in [6, 6.07) is 6.06. The van der Waals surface area contributed by atoms with Crippen molar-refractivity contribution in [1.82, 2.24) is 10.6 Å². The monoisotopic (exact) mass is 308 g/mol. The first-order chi connectivity index (χ1) is 9.11. The molecule has 0 aliphatic rings. The highest BCUT2D eigenvalue weighted by atomic mass is 35.5. The second-order valence-corrected chi connectivity index (χ2v) is 4.01. The Bertz CT molecular complexity index is 388. The Hall–Kier alpha value is -1.40. The van der Waals surface area contributed by atoms with E-state index >= 15 is 0 Å². The van der Waals surface area contributed by atoms with E-state index in [1.807, 2.05) is 7.05 Å². The molecule has 2 N–H and O–H groups in total. The van der Waals surface area contributed by atoms with Gasteiger partial charge in [0.1, 0.15) is 5.75 Å². The summed E-state index contributed by atoms with van der Waals surface area (Å²) < 4.78 is 28.1. The van der Waals surface area contributed by atoms with Crippen molar-refractivity contribution in [2.24, 2.45) is 0 Å². The quantitative estimate of drug-likeness (QED) is 0.722. The first-order valence-corrected chi connectivity index (χ1v) is 6.07. The van der Waals surface area contributed by atoms with Crippen LogP contribution in [0.3, 0.4) is 0 Å². The van der Waals surface area contributed by atoms with Gasteiger partial charge in [-0.05, 0) is 37.7 Å². The normalized spacial score (nSPS) is 10.0. The largest absolute Gasteiger partial charge is 0.435 e. The van der Waals surface area contributed by atoms with Crippen LogP contribution in [0.1, 0.15) is 12.0 Å². The van der Waals surface area contributed by atoms with Crippen molar-refractivity contribution in [3.63, 3.8) is 0 Å². The average Bonchev–Trinajstić information content (AvgIpc) is 2.36. The molecule has 0 aliphatic carbocycles. The maximum absolute atomic E-state index is 11.9. The highest BCUT2D eigenvalue weighted by molar-refractivity contribution is 5.85. The molecule has 1 aromatic carbocycles. The molecule has 0 saturated carbocycles. The van der Waals surface area contributed by atoms with Gasteiger partial charge in [0.2, 0.25) is 5.91 Å². The summed E-state index contributed by atoms with van der Waals surface area (Å²) in [5.74, 6) is 0.00630. The number of hydrogen-bond donors (Lipinski definition) is 2. The number of carbonyl (C=O) groups excluding carboxylic acids is 1. The Morgan fingerprint density at radius 2 is 1.90 bits per heavy atom. The van der Waals surface area contributed by atoms with E-state index in [1.165, 1.54) is 12.1 Å². The molecule has 1 amide bonds. The third kappa shape index (κ3) is 7.91. The van der Waals surface area contributed by atoms with E-state index in [1.54, 1.807) is 12.1 Å². The molecule has 0 saturated heterocycles. The van der Waals surface area contributed by atoms with Gasteiger partial charge in [0.15, 0.2) is 0 Å². The van der Waals surface area contributed by atoms with E-state index in [0.717, 1.165) is 18.5 Å². The number of halogens is 3. The molecule has 20 heavy (non-hydrogen) atoms. The molecule has 0 aromatic heterocycles. The van der Waals surface area contributed by atoms with Crippen LogP contribution >= 0.6 is 12.4 Å². The second kappa shape index (κ2) is 10.4. The van der Waals surface area contributed by atoms with E-state index in [4.69, 9.17) is 0 Å². The van der Waals surface area contributed by atoms with Gasteiger partial charge in [0.25, 0.3) is 0 Å². The van der Waals surface area contributed by atoms with Crippen LogP contribution in [0.2, 0.25) is 0 Å². The van der Waals surface area contributed by atoms with Crippen LogP contribution in [0, 0.1) is 0 Å². The van der Waals surface area contributed by atoms with Gasteiger partial charge in [-0.1, -0.05) is 12.1 Å². The lowest BCUT2D eigenvalue weighted by Crippen LogP contribution is -2.27. The van der Waals surface area contributed by atoms with Crippen molar-refractivity contribution in [3.05, 3.63) is 29.8 Å². The van der Waals surface area contributed by atoms with Crippen molar-refractivity contribution in [1.29, 1.82) is 0 Å². The number of carbonyl (C=O) groups is 1. The van der Waals surface area contributed by atoms with Gasteiger partial charge in [-0.2, -0.15) is 8.78 Å². The summed E-state index contributed by atoms with van der Waals surface area (Å²) in [4.78, 5) is 11.6. The summed E-state index contributed by atoms with van der Waals surface area (Å²) in [6.07, 6.45) is 1.10. The molecule has 0 radical (unpaired) electrons. The van der Waals surface area contributed by atoms with Gasteiger partial charge in [-0.25, -0.2) is 0 Å². The fraction of sp³-hybridized carbons (Fsp3) is 0.462. The summed E-state index contributed by atoms with van der Waals surface area (Å²) >= 11 is 0. The zero-order valence-corrected chi connectivity index (χ0v) is 12.0. The number of hydrogen-bond acceptors (Lipinski definition) is 3. The van der Waals surface area contributed by atoms with Gasteiger partial charge in [0, 0.05) is 6.54 Å². The van der Waals surface area contributed by atoms with Crippen LogP contribution in [0.4, 0.5) is 8.78 Å². The number of amides is 1. The van der Waals surface area contributed by atoms with Crippen LogP contribution < -0.4 is 15.4 Å². The summed E-state index contributed by atoms with van der Waals surface area (Å²) in [6.45, 7) is -1.37. The molecule has 4 nitrogen and oxygen atoms in total. The molecule has 0 fully saturated rings. The third-order valence-electron chi connectivity index (χ3n) is 2.44. The molecule has 0 aliphatic heterocycles. The molecular formula is C13H19ClF2N2O2. The smallest absolute Gasteiger partial charge is 0.387 e. The van der Waals surface area contributed by atoms with Gasteiger partial charge in [0.05, 0.1) is 6.42 Å². The topological polar surface area (TPSA) is 50.4 Å². The minimum Gasteiger partial charge on any atom is -0.435 e. The number of nitrogens with one attached hydrogen (secondary N) is 2. The highest BCUT2D eigenvalue weighted by Crippen LogP contribution is 2.15. The number of ether oxygens (including phenoxy) is 1. The predicted molar refractivity (Wildman–Crippen MR) is 75.6 cm³/mol. The van der Waals surface area contributed by atoms with Crippen molar-refractivity contribution >= 4 is 18.3 Å². The highest BCUT2D eigenvalue weighted by Gasteiger charge is 2.06. The Morgan fingerprint density at radius 3 is 2.45 bits per heavy atom. The first-order valence-electron chi connectivity index (χ1n) is 6.07. The van der Waals surface area contributed by atoms with Gasteiger partial charge >= 0.3 is 6.61 Å². The summed E-state index contributed by atoms with van der Waals surface area (Å²) in [5.41, 5.74) is 0.757. The molecular weight excluding hydrogens is 290 g/mol. The van der Waals surface area contributed by atoms with Gasteiger partial charge < -0.3 is 15.4 Å². The lowest BCUT2D eigenvalue weighted by Gasteiger charge is -2.07. The van der Waals surface area contributed by atoms with E-state index in [0.29, 0.717) is 6.54 Å². The van der Waals surface area contributed by atoms with E-state index in [2.05, 4.69) is 15.4 Å². The molecule has 0 atom stereocenters. The molecule has 0 unspecified atom stereocenters. The molecule has 0 bridgehead atoms. The lowest BCUT2D eigenvalue weighted by atomic mass is 10.1. The van der Waals surface area contributed by atoms with E-state index in [-0.39, 0.29) is 30.5 Å². The fourth-order valence-corrected chi connectivity index (χ4v) is 1.53. The molecule has 0 heterocycles. The Morgan fingerprint density at radius 1 is 1.25 bits per heavy atom. The standard InChI is InChI=1S/C13H18F2N2O2.ClH/c1-16-7-2-8-17-12(18)9-10-3-5-11(6-4-10)19-13(14)15;/h3-6,13,16H,2,7-9H2,1H3,(H,17,18);1H. The average molecular weight is 309 g/mol. The number of alkyl halides is 2. The minimum absolute atomic E-state index is 0. The zero-order valence-electron chi connectivity index (χ0n) is 11.2. The van der Waals surface area contributed by atoms with Gasteiger partial charge in [-0.3, -0.25) is 4.79 Å². The maximum Gasteiger partial charge on any atom is 0.387 e. The molecule has 7 heteroatoms. The van der Waals surface area contributed by atoms with Crippen molar-refractivity contribution in [2.75, 3.05) is 20.1 Å². The number of benzene rings is 1. The maximum atomic E-state index is 11.9. The van der Waals surface area contributed by atoms with Gasteiger partial charge in [-0.15, -0.1) is 12.4 Å². The minimum atomic E-state index is -2.83. The van der Waals surface area contributed by atoms with Crippen LogP contribution in [0.15, 0.2) is 24.3 Å². The Labute approximate surface area is 123 Å². The number of rotatable bonds is 8. The zero-order chi connectivity index (χ0) is 14.1. The molecule has 1 rings (SSSR count). The Balaban J connectivity index is 0.00000361. The third-order valence-corrected chi connectivity index (χ3v) is 2.44.